The van der Waals surface area contributed by atoms with E-state index in [1.807, 2.05) is 52.4 Å². The molecule has 49 heavy (non-hydrogen) atoms. The summed E-state index contributed by atoms with van der Waals surface area (Å²) in [7, 11) is -16.0. The molecule has 0 N–H and O–H groups in total. The Hall–Kier alpha value is -1.57. The molecule has 8 nitrogen and oxygen atoms in total. The first-order chi connectivity index (χ1) is 22.6. The van der Waals surface area contributed by atoms with Crippen LogP contribution in [0.5, 0.6) is 0 Å². The lowest BCUT2D eigenvalue weighted by Crippen LogP contribution is -2.72. The third kappa shape index (κ3) is 7.94. The topological polar surface area (TPSA) is 73.8 Å². The van der Waals surface area contributed by atoms with Crippen molar-refractivity contribution < 1.29 is 103 Å². The maximum absolute atomic E-state index is 15.3. The molecule has 16 radical (unpaired) electrons. The number of halogens is 16. The molecule has 2 aromatic carbocycles. The summed E-state index contributed by atoms with van der Waals surface area (Å²) in [5, 5.41) is -4.98. The summed E-state index contributed by atoms with van der Waals surface area (Å²) >= 11 is 0. The maximum Gasteiger partial charge on any atom is 0.546 e. The molecule has 33 heteroatoms. The molecule has 0 aliphatic carbocycles. The van der Waals surface area contributed by atoms with Crippen molar-refractivity contribution in [3.63, 3.8) is 0 Å². The van der Waals surface area contributed by atoms with E-state index in [0.29, 0.717) is 0 Å². The lowest BCUT2D eigenvalue weighted by atomic mass is 10.3. The fraction of sp³-hybridized carbons (Fsp3) is 0. The van der Waals surface area contributed by atoms with E-state index in [9.17, 15) is 57.1 Å². The first kappa shape index (κ1) is 43.6. The minimum Gasteiger partial charge on any atom is -0.432 e. The van der Waals surface area contributed by atoms with E-state index in [2.05, 4.69) is 28.8 Å². The molecule has 0 saturated carbocycles. The third-order valence-electron chi connectivity index (χ3n) is 5.19. The van der Waals surface area contributed by atoms with Gasteiger partial charge < -0.3 is 32.9 Å². The molecular formula is C16F16O8Si9. The van der Waals surface area contributed by atoms with Gasteiger partial charge in [0.1, 0.15) is 0 Å². The average molecular weight is 877 g/mol. The van der Waals surface area contributed by atoms with Crippen LogP contribution in [0, 0.1) is 58.2 Å². The van der Waals surface area contributed by atoms with Crippen LogP contribution in [0.3, 0.4) is 0 Å². The SMILES string of the molecule is FC(F)=C(F)[Si](O[Si])(O[Si])O[Si](O[Si])(O[Si](O[Si])(O[Si](O[Si])c1c(F)c(F)c(F)c(F)c1F)C(F)=C(F)F)c1c(F)c(F)c(F)c(F)c1F. The zero-order chi connectivity index (χ0) is 38.0. The van der Waals surface area contributed by atoms with E-state index in [0.717, 1.165) is 0 Å². The van der Waals surface area contributed by atoms with E-state index in [1.54, 1.807) is 0 Å². The third-order valence-corrected chi connectivity index (χ3v) is 19.7. The van der Waals surface area contributed by atoms with Crippen LogP contribution >= 0.6 is 0 Å². The van der Waals surface area contributed by atoms with Gasteiger partial charge in [0.25, 0.3) is 0 Å². The zero-order valence-corrected chi connectivity index (χ0v) is 30.8. The second-order valence-corrected chi connectivity index (χ2v) is 20.1. The molecule has 2 aromatic rings. The highest BCUT2D eigenvalue weighted by Gasteiger charge is 2.67. The second kappa shape index (κ2) is 16.8. The highest BCUT2D eigenvalue weighted by molar-refractivity contribution is 6.94. The van der Waals surface area contributed by atoms with E-state index in [-0.39, 0.29) is 0 Å². The summed E-state index contributed by atoms with van der Waals surface area (Å²) < 4.78 is 264. The van der Waals surface area contributed by atoms with Crippen LogP contribution in [0.2, 0.25) is 0 Å². The zero-order valence-electron chi connectivity index (χ0n) is 21.8. The van der Waals surface area contributed by atoms with Crippen LogP contribution in [0.4, 0.5) is 70.2 Å². The van der Waals surface area contributed by atoms with Gasteiger partial charge in [0, 0.05) is 0 Å². The van der Waals surface area contributed by atoms with Gasteiger partial charge in [0.2, 0.25) is 75.0 Å². The molecule has 0 fully saturated rings. The molecule has 0 saturated heterocycles. The number of benzene rings is 2. The fourth-order valence-electron chi connectivity index (χ4n) is 3.10. The van der Waals surface area contributed by atoms with Gasteiger partial charge >= 0.3 is 47.9 Å². The Morgan fingerprint density at radius 1 is 0.449 bits per heavy atom. The van der Waals surface area contributed by atoms with Crippen LogP contribution in [0.1, 0.15) is 0 Å². The minimum atomic E-state index is -7.23. The van der Waals surface area contributed by atoms with Crippen LogP contribution in [-0.4, -0.2) is 88.1 Å². The Morgan fingerprint density at radius 2 is 0.776 bits per heavy atom. The van der Waals surface area contributed by atoms with Crippen molar-refractivity contribution in [2.24, 2.45) is 0 Å². The first-order valence-corrected chi connectivity index (χ1v) is 19.3. The predicted octanol–water partition coefficient (Wildman–Crippen LogP) is 2.28. The normalized spacial score (nSPS) is 14.6. The molecule has 0 heterocycles. The quantitative estimate of drug-likeness (QED) is 0.117. The van der Waals surface area contributed by atoms with Crippen molar-refractivity contribution in [1.82, 2.24) is 0 Å². The summed E-state index contributed by atoms with van der Waals surface area (Å²) in [4.78, 5) is 0. The van der Waals surface area contributed by atoms with Gasteiger partial charge in [-0.1, -0.05) is 0 Å². The molecular weight excluding hydrogens is 877 g/mol. The van der Waals surface area contributed by atoms with Crippen molar-refractivity contribution in [3.8, 4) is 0 Å². The summed E-state index contributed by atoms with van der Waals surface area (Å²) in [5.41, 5.74) is -6.40. The highest BCUT2D eigenvalue weighted by atomic mass is 28.5. The molecule has 260 valence electrons. The Kier molecular flexibility index (Phi) is 15.0. The number of hydrogen-bond acceptors (Lipinski definition) is 8. The maximum atomic E-state index is 15.3. The van der Waals surface area contributed by atoms with Crippen molar-refractivity contribution in [3.05, 3.63) is 81.2 Å². The lowest BCUT2D eigenvalue weighted by molar-refractivity contribution is 0.156. The molecule has 0 amide bonds. The predicted molar refractivity (Wildman–Crippen MR) is 133 cm³/mol. The van der Waals surface area contributed by atoms with Gasteiger partial charge in [-0.05, 0) is 0 Å². The Balaban J connectivity index is 3.20. The van der Waals surface area contributed by atoms with Crippen molar-refractivity contribution in [1.29, 1.82) is 0 Å². The molecule has 0 aromatic heterocycles. The largest absolute Gasteiger partial charge is 0.546 e. The summed E-state index contributed by atoms with van der Waals surface area (Å²) in [6, 6.07) is 0. The molecule has 0 aliphatic heterocycles. The van der Waals surface area contributed by atoms with E-state index >= 15 is 13.2 Å². The van der Waals surface area contributed by atoms with Gasteiger partial charge in [0.05, 0.1) is 10.4 Å². The van der Waals surface area contributed by atoms with Crippen molar-refractivity contribution >= 4 is 98.5 Å². The lowest BCUT2D eigenvalue weighted by Gasteiger charge is -2.40. The van der Waals surface area contributed by atoms with Crippen LogP contribution in [-0.2, 0) is 32.9 Å². The number of rotatable bonds is 15. The monoisotopic (exact) mass is 876 g/mol. The van der Waals surface area contributed by atoms with Crippen LogP contribution in [0.15, 0.2) is 23.1 Å². The van der Waals surface area contributed by atoms with E-state index in [1.165, 1.54) is 0 Å². The van der Waals surface area contributed by atoms with Crippen LogP contribution in [0.25, 0.3) is 0 Å². The van der Waals surface area contributed by atoms with Crippen molar-refractivity contribution in [2.75, 3.05) is 0 Å². The molecule has 2 atom stereocenters. The summed E-state index contributed by atoms with van der Waals surface area (Å²) in [5.74, 6) is -29.4. The average Bonchev–Trinajstić information content (AvgIpc) is 3.08. The van der Waals surface area contributed by atoms with Gasteiger partial charge in [-0.25, -0.2) is 52.7 Å². The Labute approximate surface area is 282 Å². The van der Waals surface area contributed by atoms with Gasteiger partial charge in [-0.2, -0.15) is 17.6 Å². The molecule has 0 spiro atoms. The summed E-state index contributed by atoms with van der Waals surface area (Å²) in [6.45, 7) is 0. The molecule has 0 aliphatic rings. The summed E-state index contributed by atoms with van der Waals surface area (Å²) in [6.07, 6.45) is -7.22. The van der Waals surface area contributed by atoms with Crippen molar-refractivity contribution in [2.45, 2.75) is 0 Å². The second-order valence-electron chi connectivity index (χ2n) is 7.81. The fourth-order valence-corrected chi connectivity index (χ4v) is 18.3. The first-order valence-electron chi connectivity index (χ1n) is 10.8. The van der Waals surface area contributed by atoms with E-state index in [4.69, 9.17) is 4.12 Å². The Morgan fingerprint density at radius 3 is 1.10 bits per heavy atom. The number of hydrogen-bond donors (Lipinski definition) is 0. The molecule has 0 bridgehead atoms. The standard InChI is InChI=1S/C16F16O8Si9/c17-1-3(19)7(23)11(8(24)4(1)20)46(33-41)38-49(37-45,16(32)14(29)30)40-47(34-42,39-48(35-43,36-44)15(31)13(27)28)12-9(25)5(21)2(18)6(22)10(12)26. The smallest absolute Gasteiger partial charge is 0.432 e. The molecule has 2 unspecified atom stereocenters. The van der Waals surface area contributed by atoms with E-state index < -0.39 is 127 Å². The highest BCUT2D eigenvalue weighted by Crippen LogP contribution is 2.36. The van der Waals surface area contributed by atoms with Crippen LogP contribution < -0.4 is 10.4 Å². The van der Waals surface area contributed by atoms with Gasteiger partial charge in [0.15, 0.2) is 46.5 Å². The van der Waals surface area contributed by atoms with Gasteiger partial charge in [-0.3, -0.25) is 0 Å². The molecule has 2 rings (SSSR count). The minimum absolute atomic E-state index is 1.89. The Bertz CT molecular complexity index is 1590. The van der Waals surface area contributed by atoms with Gasteiger partial charge in [-0.15, -0.1) is 0 Å².